The minimum absolute atomic E-state index is 0. The van der Waals surface area contributed by atoms with E-state index in [1.54, 1.807) is 41.2 Å². The molecule has 30 heavy (non-hydrogen) atoms. The molecule has 1 aliphatic heterocycles. The first kappa shape index (κ1) is 21.3. The predicted molar refractivity (Wildman–Crippen MR) is 110 cm³/mol. The van der Waals surface area contributed by atoms with Crippen molar-refractivity contribution in [1.82, 2.24) is 14.7 Å². The summed E-state index contributed by atoms with van der Waals surface area (Å²) in [5, 5.41) is 12.2. The van der Waals surface area contributed by atoms with E-state index in [9.17, 15) is 19.1 Å². The number of aliphatic hydroxyl groups excluding tert-OH is 1. The second kappa shape index (κ2) is 8.50. The molecule has 2 amide bonds. The maximum atomic E-state index is 14.9. The predicted octanol–water partition coefficient (Wildman–Crippen LogP) is 2.73. The third-order valence-electron chi connectivity index (χ3n) is 4.76. The molecule has 1 saturated heterocycles. The number of hydrogen-bond donors (Lipinski definition) is 2. The summed E-state index contributed by atoms with van der Waals surface area (Å²) in [6.07, 6.45) is 3.97. The summed E-state index contributed by atoms with van der Waals surface area (Å²) >= 11 is 0. The Morgan fingerprint density at radius 3 is 2.90 bits per heavy atom. The molecule has 3 heterocycles. The molecule has 0 aliphatic carbocycles. The summed E-state index contributed by atoms with van der Waals surface area (Å²) in [5.41, 5.74) is 2.48. The minimum atomic E-state index is -0.588. The summed E-state index contributed by atoms with van der Waals surface area (Å²) in [7, 11) is 0. The standard InChI is InChI=1S/C20H19FN4O4.CH4/c1-12(27)23-8-16-10-25(20(28)29-16)15-2-3-17(18(21)7-15)13-6-14(11-26)19-22-4-5-24(19)9-13;/h2-7,9,16,26H,8,10-11H2,1H3,(H,23,27);1H4/t16-;/m0./s1. The van der Waals surface area contributed by atoms with E-state index in [-0.39, 0.29) is 33.0 Å². The largest absolute Gasteiger partial charge is 0.442 e. The highest BCUT2D eigenvalue weighted by molar-refractivity contribution is 5.90. The lowest BCUT2D eigenvalue weighted by Crippen LogP contribution is -2.33. The maximum absolute atomic E-state index is 14.9. The zero-order valence-corrected chi connectivity index (χ0v) is 15.6. The van der Waals surface area contributed by atoms with Gasteiger partial charge in [0.05, 0.1) is 25.4 Å². The van der Waals surface area contributed by atoms with Crippen molar-refractivity contribution < 1.29 is 23.8 Å². The van der Waals surface area contributed by atoms with Gasteiger partial charge in [0.2, 0.25) is 5.91 Å². The smallest absolute Gasteiger partial charge is 0.414 e. The number of ether oxygens (including phenoxy) is 1. The first-order valence-corrected chi connectivity index (χ1v) is 9.05. The SMILES string of the molecule is C.CC(=O)NC[C@H]1CN(c2ccc(-c3cc(CO)c4nccn4c3)c(F)c2)C(=O)O1. The van der Waals surface area contributed by atoms with Crippen molar-refractivity contribution >= 4 is 23.3 Å². The molecular weight excluding hydrogens is 391 g/mol. The van der Waals surface area contributed by atoms with Gasteiger partial charge in [-0.1, -0.05) is 7.43 Å². The number of cyclic esters (lactones) is 1. The molecule has 9 heteroatoms. The second-order valence-electron chi connectivity index (χ2n) is 6.79. The van der Waals surface area contributed by atoms with Crippen molar-refractivity contribution in [2.24, 2.45) is 0 Å². The van der Waals surface area contributed by atoms with Crippen LogP contribution in [0.2, 0.25) is 0 Å². The van der Waals surface area contributed by atoms with Crippen molar-refractivity contribution in [1.29, 1.82) is 0 Å². The molecule has 1 atom stereocenters. The lowest BCUT2D eigenvalue weighted by Gasteiger charge is -2.15. The van der Waals surface area contributed by atoms with Gasteiger partial charge in [-0.05, 0) is 24.3 Å². The van der Waals surface area contributed by atoms with Crippen LogP contribution < -0.4 is 10.2 Å². The monoisotopic (exact) mass is 414 g/mol. The maximum Gasteiger partial charge on any atom is 0.414 e. The van der Waals surface area contributed by atoms with Crippen LogP contribution in [0.4, 0.5) is 14.9 Å². The number of carbonyl (C=O) groups is 2. The van der Waals surface area contributed by atoms with Gasteiger partial charge in [-0.3, -0.25) is 9.69 Å². The quantitative estimate of drug-likeness (QED) is 0.669. The molecule has 3 aromatic rings. The fourth-order valence-electron chi connectivity index (χ4n) is 3.37. The van der Waals surface area contributed by atoms with Crippen molar-refractivity contribution in [2.75, 3.05) is 18.0 Å². The lowest BCUT2D eigenvalue weighted by molar-refractivity contribution is -0.119. The first-order chi connectivity index (χ1) is 14.0. The Morgan fingerprint density at radius 1 is 1.40 bits per heavy atom. The van der Waals surface area contributed by atoms with E-state index in [1.807, 2.05) is 0 Å². The molecule has 1 aliphatic rings. The topological polar surface area (TPSA) is 96.2 Å². The fraction of sp³-hybridized carbons (Fsp3) is 0.286. The number of hydrogen-bond acceptors (Lipinski definition) is 5. The van der Waals surface area contributed by atoms with Crippen molar-refractivity contribution in [2.45, 2.75) is 27.1 Å². The van der Waals surface area contributed by atoms with Gasteiger partial charge in [-0.15, -0.1) is 0 Å². The Kier molecular flexibility index (Phi) is 6.02. The Morgan fingerprint density at radius 2 is 2.20 bits per heavy atom. The number of rotatable bonds is 5. The van der Waals surface area contributed by atoms with E-state index >= 15 is 0 Å². The normalized spacial score (nSPS) is 15.8. The summed E-state index contributed by atoms with van der Waals surface area (Å²) < 4.78 is 21.8. The van der Waals surface area contributed by atoms with Crippen LogP contribution in [0.1, 0.15) is 19.9 Å². The number of aliphatic hydroxyl groups is 1. The van der Waals surface area contributed by atoms with Crippen molar-refractivity contribution in [3.8, 4) is 11.1 Å². The molecule has 1 aromatic carbocycles. The Hall–Kier alpha value is -3.46. The Labute approximate surface area is 172 Å². The van der Waals surface area contributed by atoms with Gasteiger partial charge < -0.3 is 19.6 Å². The number of nitrogens with zero attached hydrogens (tertiary/aromatic N) is 3. The number of carbonyl (C=O) groups excluding carboxylic acids is 2. The van der Waals surface area contributed by atoms with Crippen LogP contribution in [0.15, 0.2) is 42.9 Å². The number of aromatic nitrogens is 2. The van der Waals surface area contributed by atoms with Crippen molar-refractivity contribution in [3.63, 3.8) is 0 Å². The number of imidazole rings is 1. The van der Waals surface area contributed by atoms with Crippen LogP contribution in [-0.4, -0.2) is 45.7 Å². The lowest BCUT2D eigenvalue weighted by atomic mass is 10.0. The van der Waals surface area contributed by atoms with E-state index in [0.717, 1.165) is 0 Å². The average Bonchev–Trinajstić information content (AvgIpc) is 3.31. The molecule has 158 valence electrons. The van der Waals surface area contributed by atoms with Gasteiger partial charge in [0.1, 0.15) is 17.6 Å². The zero-order valence-electron chi connectivity index (χ0n) is 15.6. The second-order valence-corrected chi connectivity index (χ2v) is 6.79. The zero-order chi connectivity index (χ0) is 20.5. The number of amides is 2. The fourth-order valence-corrected chi connectivity index (χ4v) is 3.37. The Balaban J connectivity index is 0.00000256. The van der Waals surface area contributed by atoms with Crippen LogP contribution in [0, 0.1) is 5.82 Å². The molecule has 0 spiro atoms. The van der Waals surface area contributed by atoms with Crippen LogP contribution >= 0.6 is 0 Å². The van der Waals surface area contributed by atoms with E-state index in [4.69, 9.17) is 4.74 Å². The highest BCUT2D eigenvalue weighted by Gasteiger charge is 2.32. The van der Waals surface area contributed by atoms with Crippen LogP contribution in [0.25, 0.3) is 16.8 Å². The first-order valence-electron chi connectivity index (χ1n) is 9.05. The van der Waals surface area contributed by atoms with Gasteiger partial charge in [0.15, 0.2) is 0 Å². The molecule has 0 bridgehead atoms. The highest BCUT2D eigenvalue weighted by atomic mass is 19.1. The summed E-state index contributed by atoms with van der Waals surface area (Å²) in [6.45, 7) is 1.58. The van der Waals surface area contributed by atoms with Gasteiger partial charge in [-0.2, -0.15) is 0 Å². The molecule has 0 radical (unpaired) electrons. The molecule has 2 N–H and O–H groups in total. The molecule has 0 unspecified atom stereocenters. The number of fused-ring (bicyclic) bond motifs is 1. The summed E-state index contributed by atoms with van der Waals surface area (Å²) in [6, 6.07) is 6.18. The number of benzene rings is 1. The number of pyridine rings is 1. The van der Waals surface area contributed by atoms with Gasteiger partial charge in [0.25, 0.3) is 0 Å². The van der Waals surface area contributed by atoms with E-state index < -0.39 is 18.0 Å². The molecule has 4 rings (SSSR count). The third-order valence-corrected chi connectivity index (χ3v) is 4.76. The van der Waals surface area contributed by atoms with Gasteiger partial charge >= 0.3 is 6.09 Å². The minimum Gasteiger partial charge on any atom is -0.442 e. The summed E-state index contributed by atoms with van der Waals surface area (Å²) in [5.74, 6) is -0.726. The molecule has 2 aromatic heterocycles. The van der Waals surface area contributed by atoms with Gasteiger partial charge in [-0.25, -0.2) is 14.2 Å². The number of anilines is 1. The van der Waals surface area contributed by atoms with E-state index in [0.29, 0.717) is 28.0 Å². The third kappa shape index (κ3) is 3.97. The van der Waals surface area contributed by atoms with Crippen molar-refractivity contribution in [3.05, 3.63) is 54.2 Å². The summed E-state index contributed by atoms with van der Waals surface area (Å²) in [4.78, 5) is 28.7. The average molecular weight is 414 g/mol. The molecule has 1 fully saturated rings. The van der Waals surface area contributed by atoms with Crippen LogP contribution in [0.3, 0.4) is 0 Å². The van der Waals surface area contributed by atoms with E-state index in [1.165, 1.54) is 17.9 Å². The molecule has 0 saturated carbocycles. The molecular formula is C21H23FN4O4. The van der Waals surface area contributed by atoms with Crippen LogP contribution in [-0.2, 0) is 16.1 Å². The van der Waals surface area contributed by atoms with Gasteiger partial charge in [0, 0.05) is 42.2 Å². The highest BCUT2D eigenvalue weighted by Crippen LogP contribution is 2.30. The molecule has 8 nitrogen and oxygen atoms in total. The number of halogens is 1. The number of nitrogens with one attached hydrogen (secondary N) is 1. The van der Waals surface area contributed by atoms with E-state index in [2.05, 4.69) is 10.3 Å². The Bertz CT molecular complexity index is 1100. The van der Waals surface area contributed by atoms with Crippen LogP contribution in [0.5, 0.6) is 0 Å².